The summed E-state index contributed by atoms with van der Waals surface area (Å²) >= 11 is 6.44. The lowest BCUT2D eigenvalue weighted by Gasteiger charge is -2.09. The Morgan fingerprint density at radius 3 is 2.62 bits per heavy atom. The second kappa shape index (κ2) is 4.91. The number of benzene rings is 1. The highest BCUT2D eigenvalue weighted by molar-refractivity contribution is 9.10. The fourth-order valence-electron chi connectivity index (χ4n) is 0.875. The van der Waals surface area contributed by atoms with Gasteiger partial charge in [-0.3, -0.25) is 0 Å². The number of halogens is 4. The molecule has 72 valence electrons. The molecule has 1 nitrogen and oxygen atoms in total. The summed E-state index contributed by atoms with van der Waals surface area (Å²) in [7, 11) is 0. The zero-order valence-electron chi connectivity index (χ0n) is 6.44. The van der Waals surface area contributed by atoms with Crippen LogP contribution >= 0.6 is 31.9 Å². The fourth-order valence-corrected chi connectivity index (χ4v) is 2.32. The molecular weight excluding hydrogens is 310 g/mol. The maximum atomic E-state index is 11.9. The monoisotopic (exact) mass is 314 g/mol. The molecule has 0 saturated heterocycles. The first-order valence-electron chi connectivity index (χ1n) is 3.43. The van der Waals surface area contributed by atoms with Crippen molar-refractivity contribution in [2.24, 2.45) is 0 Å². The van der Waals surface area contributed by atoms with Gasteiger partial charge < -0.3 is 4.74 Å². The van der Waals surface area contributed by atoms with Crippen LogP contribution in [0, 0.1) is 0 Å². The summed E-state index contributed by atoms with van der Waals surface area (Å²) in [5.74, 6) is 0.196. The molecule has 0 spiro atoms. The van der Waals surface area contributed by atoms with E-state index in [0.717, 1.165) is 4.47 Å². The molecule has 0 fully saturated rings. The van der Waals surface area contributed by atoms with Crippen LogP contribution in [-0.4, -0.2) is 6.61 Å². The molecule has 0 aromatic heterocycles. The summed E-state index contributed by atoms with van der Waals surface area (Å²) in [6, 6.07) is 4.93. The van der Waals surface area contributed by atoms with E-state index in [1.165, 1.54) is 6.07 Å². The molecule has 0 bridgehead atoms. The fraction of sp³-hybridized carbons (Fsp3) is 0.250. The summed E-state index contributed by atoms with van der Waals surface area (Å²) in [5.41, 5.74) is 0.683. The minimum Gasteiger partial charge on any atom is -0.434 e. The molecule has 13 heavy (non-hydrogen) atoms. The molecular formula is C8H6Br2F2O. The molecule has 1 aromatic carbocycles. The normalized spacial score (nSPS) is 10.5. The predicted molar refractivity (Wildman–Crippen MR) is 53.4 cm³/mol. The first kappa shape index (κ1) is 10.9. The lowest BCUT2D eigenvalue weighted by atomic mass is 10.2. The van der Waals surface area contributed by atoms with E-state index in [-0.39, 0.29) is 5.75 Å². The highest BCUT2D eigenvalue weighted by atomic mass is 79.9. The van der Waals surface area contributed by atoms with E-state index in [9.17, 15) is 8.78 Å². The minimum atomic E-state index is -2.79. The Labute approximate surface area is 91.3 Å². The Morgan fingerprint density at radius 1 is 1.38 bits per heavy atom. The predicted octanol–water partition coefficient (Wildman–Crippen LogP) is 3.95. The lowest BCUT2D eigenvalue weighted by Crippen LogP contribution is -2.04. The van der Waals surface area contributed by atoms with Crippen LogP contribution in [0.25, 0.3) is 0 Å². The average molecular weight is 316 g/mol. The number of hydrogen-bond acceptors (Lipinski definition) is 1. The van der Waals surface area contributed by atoms with Crippen LogP contribution in [-0.2, 0) is 5.33 Å². The summed E-state index contributed by atoms with van der Waals surface area (Å²) < 4.78 is 28.9. The van der Waals surface area contributed by atoms with Crippen molar-refractivity contribution in [3.05, 3.63) is 28.2 Å². The van der Waals surface area contributed by atoms with Gasteiger partial charge in [0.25, 0.3) is 0 Å². The molecule has 0 radical (unpaired) electrons. The average Bonchev–Trinajstić information content (AvgIpc) is 2.03. The van der Waals surface area contributed by atoms with E-state index in [1.54, 1.807) is 12.1 Å². The Kier molecular flexibility index (Phi) is 4.12. The van der Waals surface area contributed by atoms with Gasteiger partial charge in [0.05, 0.1) is 0 Å². The van der Waals surface area contributed by atoms with Crippen molar-refractivity contribution in [1.82, 2.24) is 0 Å². The number of ether oxygens (including phenoxy) is 1. The zero-order chi connectivity index (χ0) is 9.84. The van der Waals surface area contributed by atoms with Gasteiger partial charge in [-0.15, -0.1) is 0 Å². The van der Waals surface area contributed by atoms with E-state index < -0.39 is 6.61 Å². The standard InChI is InChI=1S/C8H6Br2F2O/c9-4-5-6(10)2-1-3-7(5)13-8(11)12/h1-3,8H,4H2. The first-order valence-corrected chi connectivity index (χ1v) is 5.34. The summed E-state index contributed by atoms with van der Waals surface area (Å²) in [6.07, 6.45) is 0. The third-order valence-electron chi connectivity index (χ3n) is 1.43. The minimum absolute atomic E-state index is 0.196. The van der Waals surface area contributed by atoms with Gasteiger partial charge in [-0.05, 0) is 12.1 Å². The van der Waals surface area contributed by atoms with E-state index in [4.69, 9.17) is 0 Å². The van der Waals surface area contributed by atoms with Crippen LogP contribution in [0.4, 0.5) is 8.78 Å². The smallest absolute Gasteiger partial charge is 0.387 e. The second-order valence-electron chi connectivity index (χ2n) is 2.23. The van der Waals surface area contributed by atoms with E-state index in [0.29, 0.717) is 10.9 Å². The Bertz CT molecular complexity index is 291. The highest BCUT2D eigenvalue weighted by Crippen LogP contribution is 2.29. The topological polar surface area (TPSA) is 9.23 Å². The summed E-state index contributed by atoms with van der Waals surface area (Å²) in [5, 5.41) is 0.469. The number of rotatable bonds is 3. The van der Waals surface area contributed by atoms with Crippen molar-refractivity contribution in [1.29, 1.82) is 0 Å². The molecule has 0 aliphatic heterocycles. The van der Waals surface area contributed by atoms with Crippen molar-refractivity contribution in [2.45, 2.75) is 11.9 Å². The third-order valence-corrected chi connectivity index (χ3v) is 2.73. The van der Waals surface area contributed by atoms with Gasteiger partial charge in [0.15, 0.2) is 0 Å². The van der Waals surface area contributed by atoms with Gasteiger partial charge in [0.2, 0.25) is 0 Å². The molecule has 0 heterocycles. The molecule has 0 unspecified atom stereocenters. The van der Waals surface area contributed by atoms with Crippen molar-refractivity contribution < 1.29 is 13.5 Å². The van der Waals surface area contributed by atoms with Gasteiger partial charge >= 0.3 is 6.61 Å². The quantitative estimate of drug-likeness (QED) is 0.768. The highest BCUT2D eigenvalue weighted by Gasteiger charge is 2.10. The molecule has 0 aliphatic carbocycles. The molecule has 0 aliphatic rings. The van der Waals surface area contributed by atoms with E-state index in [1.807, 2.05) is 0 Å². The Balaban J connectivity index is 2.98. The van der Waals surface area contributed by atoms with E-state index >= 15 is 0 Å². The van der Waals surface area contributed by atoms with Crippen molar-refractivity contribution in [3.8, 4) is 5.75 Å². The van der Waals surface area contributed by atoms with Crippen LogP contribution in [0.1, 0.15) is 5.56 Å². The molecule has 0 saturated carbocycles. The maximum Gasteiger partial charge on any atom is 0.387 e. The maximum absolute atomic E-state index is 11.9. The SMILES string of the molecule is FC(F)Oc1cccc(Br)c1CBr. The van der Waals surface area contributed by atoms with Gasteiger partial charge in [-0.1, -0.05) is 37.9 Å². The van der Waals surface area contributed by atoms with Crippen LogP contribution in [0.2, 0.25) is 0 Å². The summed E-state index contributed by atoms with van der Waals surface area (Å²) in [4.78, 5) is 0. The first-order chi connectivity index (χ1) is 6.15. The molecule has 1 rings (SSSR count). The van der Waals surface area contributed by atoms with Crippen LogP contribution < -0.4 is 4.74 Å². The van der Waals surface area contributed by atoms with Gasteiger partial charge in [-0.2, -0.15) is 8.78 Å². The van der Waals surface area contributed by atoms with Gasteiger partial charge in [0, 0.05) is 15.4 Å². The number of hydrogen-bond donors (Lipinski definition) is 0. The van der Waals surface area contributed by atoms with E-state index in [2.05, 4.69) is 36.6 Å². The molecule has 0 N–H and O–H groups in total. The Hall–Kier alpha value is -0.160. The van der Waals surface area contributed by atoms with Gasteiger partial charge in [0.1, 0.15) is 5.75 Å². The number of alkyl halides is 3. The Morgan fingerprint density at radius 2 is 2.08 bits per heavy atom. The van der Waals surface area contributed by atoms with Crippen molar-refractivity contribution in [2.75, 3.05) is 0 Å². The molecule has 0 atom stereocenters. The van der Waals surface area contributed by atoms with Gasteiger partial charge in [-0.25, -0.2) is 0 Å². The summed E-state index contributed by atoms with van der Waals surface area (Å²) in [6.45, 7) is -2.79. The zero-order valence-corrected chi connectivity index (χ0v) is 9.61. The van der Waals surface area contributed by atoms with Crippen LogP contribution in [0.5, 0.6) is 5.75 Å². The largest absolute Gasteiger partial charge is 0.434 e. The van der Waals surface area contributed by atoms with Crippen molar-refractivity contribution in [3.63, 3.8) is 0 Å². The van der Waals surface area contributed by atoms with Crippen LogP contribution in [0.15, 0.2) is 22.7 Å². The molecule has 0 amide bonds. The molecule has 1 aromatic rings. The second-order valence-corrected chi connectivity index (χ2v) is 3.64. The van der Waals surface area contributed by atoms with Crippen LogP contribution in [0.3, 0.4) is 0 Å². The molecule has 5 heteroatoms. The lowest BCUT2D eigenvalue weighted by molar-refractivity contribution is -0.0503. The third kappa shape index (κ3) is 2.91. The van der Waals surface area contributed by atoms with Crippen molar-refractivity contribution >= 4 is 31.9 Å².